The third kappa shape index (κ3) is 2.91. The summed E-state index contributed by atoms with van der Waals surface area (Å²) in [6.07, 6.45) is -1.08. The van der Waals surface area contributed by atoms with Crippen LogP contribution in [0.3, 0.4) is 0 Å². The molecular formula is C17H9Cl2F2NO2. The normalized spacial score (nSPS) is 19.4. The van der Waals surface area contributed by atoms with Crippen LogP contribution in [-0.2, 0) is 10.3 Å². The van der Waals surface area contributed by atoms with Gasteiger partial charge in [0, 0.05) is 16.1 Å². The second-order valence-electron chi connectivity index (χ2n) is 5.00. The van der Waals surface area contributed by atoms with Crippen LogP contribution < -0.4 is 5.32 Å². The number of alkyl halides is 3. The first kappa shape index (κ1) is 16.6. The zero-order valence-electron chi connectivity index (χ0n) is 11.9. The Hall–Kier alpha value is -2.29. The first-order valence-electron chi connectivity index (χ1n) is 6.77. The molecule has 0 saturated heterocycles. The van der Waals surface area contributed by atoms with Gasteiger partial charge in [0.25, 0.3) is 5.60 Å². The van der Waals surface area contributed by atoms with Crippen molar-refractivity contribution in [3.05, 3.63) is 64.7 Å². The highest BCUT2D eigenvalue weighted by molar-refractivity contribution is 6.31. The Kier molecular flexibility index (Phi) is 4.12. The summed E-state index contributed by atoms with van der Waals surface area (Å²) in [5, 5.41) is -1.47. The molecule has 24 heavy (non-hydrogen) atoms. The van der Waals surface area contributed by atoms with E-state index < -0.39 is 17.1 Å². The van der Waals surface area contributed by atoms with Gasteiger partial charge in [0.2, 0.25) is 0 Å². The van der Waals surface area contributed by atoms with Crippen LogP contribution in [0.1, 0.15) is 11.1 Å². The summed E-state index contributed by atoms with van der Waals surface area (Å²) in [5.74, 6) is 4.91. The van der Waals surface area contributed by atoms with Crippen molar-refractivity contribution in [3.63, 3.8) is 0 Å². The lowest BCUT2D eigenvalue weighted by Crippen LogP contribution is -2.48. The average Bonchev–Trinajstić information content (AvgIpc) is 2.53. The maximum Gasteiger partial charge on any atom is 0.413 e. The van der Waals surface area contributed by atoms with Gasteiger partial charge in [-0.3, -0.25) is 5.32 Å². The van der Waals surface area contributed by atoms with Crippen molar-refractivity contribution in [1.82, 2.24) is 0 Å². The Morgan fingerprint density at radius 2 is 1.88 bits per heavy atom. The van der Waals surface area contributed by atoms with E-state index in [0.29, 0.717) is 5.56 Å². The number of anilines is 1. The van der Waals surface area contributed by atoms with Crippen molar-refractivity contribution >= 4 is 35.0 Å². The Labute approximate surface area is 146 Å². The highest BCUT2D eigenvalue weighted by Gasteiger charge is 2.59. The van der Waals surface area contributed by atoms with Crippen LogP contribution in [0.2, 0.25) is 5.02 Å². The van der Waals surface area contributed by atoms with Crippen LogP contribution in [0.25, 0.3) is 0 Å². The van der Waals surface area contributed by atoms with Crippen LogP contribution >= 0.6 is 23.2 Å². The quantitative estimate of drug-likeness (QED) is 0.570. The fourth-order valence-electron chi connectivity index (χ4n) is 2.30. The molecule has 0 radical (unpaired) electrons. The molecule has 0 bridgehead atoms. The number of ether oxygens (including phenoxy) is 1. The average molecular weight is 368 g/mol. The van der Waals surface area contributed by atoms with E-state index in [-0.39, 0.29) is 16.3 Å². The van der Waals surface area contributed by atoms with E-state index >= 15 is 0 Å². The van der Waals surface area contributed by atoms with Crippen molar-refractivity contribution in [1.29, 1.82) is 0 Å². The third-order valence-corrected chi connectivity index (χ3v) is 3.90. The van der Waals surface area contributed by atoms with E-state index in [4.69, 9.17) is 27.9 Å². The molecule has 0 fully saturated rings. The SMILES string of the molecule is O=C1Nc2ccc(Cl)cc2[C@](C#Cc2ccccc2)(C(F)(F)Cl)O1. The molecule has 1 amide bonds. The van der Waals surface area contributed by atoms with Crippen molar-refractivity contribution in [2.24, 2.45) is 0 Å². The Morgan fingerprint density at radius 1 is 1.17 bits per heavy atom. The molecule has 0 unspecified atom stereocenters. The minimum Gasteiger partial charge on any atom is -0.417 e. The molecule has 0 saturated carbocycles. The third-order valence-electron chi connectivity index (χ3n) is 3.40. The van der Waals surface area contributed by atoms with Gasteiger partial charge in [-0.1, -0.05) is 35.7 Å². The molecule has 1 atom stereocenters. The molecule has 0 aliphatic carbocycles. The van der Waals surface area contributed by atoms with Crippen LogP contribution in [0.4, 0.5) is 19.3 Å². The molecule has 3 rings (SSSR count). The smallest absolute Gasteiger partial charge is 0.413 e. The van der Waals surface area contributed by atoms with Gasteiger partial charge >= 0.3 is 11.5 Å². The fraction of sp³-hybridized carbons (Fsp3) is 0.118. The van der Waals surface area contributed by atoms with E-state index in [1.54, 1.807) is 30.3 Å². The van der Waals surface area contributed by atoms with Gasteiger partial charge in [-0.2, -0.15) is 8.78 Å². The number of cyclic esters (lactones) is 1. The molecule has 3 nitrogen and oxygen atoms in total. The van der Waals surface area contributed by atoms with Crippen LogP contribution in [0, 0.1) is 11.8 Å². The molecular weight excluding hydrogens is 359 g/mol. The number of carbonyl (C=O) groups is 1. The van der Waals surface area contributed by atoms with Crippen molar-refractivity contribution in [2.75, 3.05) is 5.32 Å². The van der Waals surface area contributed by atoms with Crippen molar-refractivity contribution < 1.29 is 18.3 Å². The zero-order valence-corrected chi connectivity index (χ0v) is 13.5. The lowest BCUT2D eigenvalue weighted by Gasteiger charge is -2.36. The molecule has 1 heterocycles. The molecule has 122 valence electrons. The topological polar surface area (TPSA) is 38.3 Å². The molecule has 2 aromatic rings. The molecule has 1 aliphatic rings. The second-order valence-corrected chi connectivity index (χ2v) is 5.91. The fourth-order valence-corrected chi connectivity index (χ4v) is 2.66. The largest absolute Gasteiger partial charge is 0.417 e. The summed E-state index contributed by atoms with van der Waals surface area (Å²) in [5.41, 5.74) is -2.19. The minimum absolute atomic E-state index is 0.110. The van der Waals surface area contributed by atoms with Crippen molar-refractivity contribution in [2.45, 2.75) is 11.0 Å². The highest BCUT2D eigenvalue weighted by atomic mass is 35.5. The van der Waals surface area contributed by atoms with E-state index in [2.05, 4.69) is 17.2 Å². The predicted octanol–water partition coefficient (Wildman–Crippen LogP) is 4.98. The van der Waals surface area contributed by atoms with E-state index in [1.165, 1.54) is 18.2 Å². The lowest BCUT2D eigenvalue weighted by molar-refractivity contribution is -0.0966. The van der Waals surface area contributed by atoms with Crippen LogP contribution in [0.15, 0.2) is 48.5 Å². The summed E-state index contributed by atoms with van der Waals surface area (Å²) >= 11 is 11.2. The van der Waals surface area contributed by atoms with E-state index in [0.717, 1.165) is 0 Å². The first-order valence-corrected chi connectivity index (χ1v) is 7.52. The van der Waals surface area contributed by atoms with E-state index in [9.17, 15) is 13.6 Å². The Bertz CT molecular complexity index is 856. The summed E-state index contributed by atoms with van der Waals surface area (Å²) in [4.78, 5) is 11.8. The zero-order chi connectivity index (χ0) is 17.4. The number of rotatable bonds is 1. The highest BCUT2D eigenvalue weighted by Crippen LogP contribution is 2.49. The molecule has 2 aromatic carbocycles. The maximum atomic E-state index is 14.3. The van der Waals surface area contributed by atoms with Gasteiger partial charge in [0.15, 0.2) is 0 Å². The number of halogens is 4. The first-order chi connectivity index (χ1) is 11.3. The molecule has 1 aliphatic heterocycles. The monoisotopic (exact) mass is 367 g/mol. The molecule has 7 heteroatoms. The second kappa shape index (κ2) is 5.97. The standard InChI is InChI=1S/C17H9Cl2F2NO2/c18-12-6-7-14-13(10-12)16(17(19,20)21,24-15(23)22-14)9-8-11-4-2-1-3-5-11/h1-7,10H,(H,22,23)/t16-/m1/s1. The van der Waals surface area contributed by atoms with Gasteiger partial charge in [0.1, 0.15) is 0 Å². The number of nitrogens with one attached hydrogen (secondary N) is 1. The molecule has 0 aromatic heterocycles. The Morgan fingerprint density at radius 3 is 2.54 bits per heavy atom. The summed E-state index contributed by atoms with van der Waals surface area (Å²) < 4.78 is 33.4. The number of hydrogen-bond acceptors (Lipinski definition) is 2. The van der Waals surface area contributed by atoms with Gasteiger partial charge in [-0.05, 0) is 47.9 Å². The summed E-state index contributed by atoms with van der Waals surface area (Å²) in [6.45, 7) is 0. The van der Waals surface area contributed by atoms with Gasteiger partial charge in [-0.25, -0.2) is 4.79 Å². The van der Waals surface area contributed by atoms with Gasteiger partial charge in [0.05, 0.1) is 5.69 Å². The number of fused-ring (bicyclic) bond motifs is 1. The summed E-state index contributed by atoms with van der Waals surface area (Å²) in [7, 11) is 0. The number of hydrogen-bond donors (Lipinski definition) is 1. The molecule has 1 N–H and O–H groups in total. The number of carbonyl (C=O) groups excluding carboxylic acids is 1. The van der Waals surface area contributed by atoms with Crippen LogP contribution in [-0.4, -0.2) is 11.5 Å². The van der Waals surface area contributed by atoms with Crippen LogP contribution in [0.5, 0.6) is 0 Å². The summed E-state index contributed by atoms with van der Waals surface area (Å²) in [6, 6.07) is 12.5. The number of amides is 1. The van der Waals surface area contributed by atoms with Gasteiger partial charge in [-0.15, -0.1) is 0 Å². The predicted molar refractivity (Wildman–Crippen MR) is 87.4 cm³/mol. The van der Waals surface area contributed by atoms with Gasteiger partial charge < -0.3 is 4.74 Å². The Balaban J connectivity index is 2.23. The lowest BCUT2D eigenvalue weighted by atomic mass is 9.91. The number of benzene rings is 2. The maximum absolute atomic E-state index is 14.3. The van der Waals surface area contributed by atoms with E-state index in [1.807, 2.05) is 0 Å². The molecule has 0 spiro atoms. The van der Waals surface area contributed by atoms with Crippen molar-refractivity contribution in [3.8, 4) is 11.8 Å². The minimum atomic E-state index is -3.98.